The number of nitrogens with zero attached hydrogens (tertiary/aromatic N) is 2. The van der Waals surface area contributed by atoms with Crippen LogP contribution >= 0.6 is 35.2 Å². The van der Waals surface area contributed by atoms with Crippen LogP contribution in [-0.4, -0.2) is 22.3 Å². The summed E-state index contributed by atoms with van der Waals surface area (Å²) in [6.45, 7) is 0. The minimum Gasteiger partial charge on any atom is -0.255 e. The van der Waals surface area contributed by atoms with Gasteiger partial charge >= 0.3 is 34.5 Å². The Kier molecular flexibility index (Phi) is 16.5. The van der Waals surface area contributed by atoms with Gasteiger partial charge in [-0.05, 0) is 85.6 Å². The molecule has 0 unspecified atom stereocenters. The Bertz CT molecular complexity index is 1380. The van der Waals surface area contributed by atoms with E-state index >= 15 is 0 Å². The summed E-state index contributed by atoms with van der Waals surface area (Å²) in [4.78, 5) is 8.37. The Morgan fingerprint density at radius 1 is 0.400 bits per heavy atom. The Balaban J connectivity index is 0.000000254. The third-order valence-corrected chi connectivity index (χ3v) is 13.0. The molecule has 0 aliphatic heterocycles. The molecule has 0 saturated carbocycles. The number of hydrogen-bond donors (Lipinski definition) is 0. The van der Waals surface area contributed by atoms with Crippen molar-refractivity contribution < 1.29 is 15.1 Å². The van der Waals surface area contributed by atoms with E-state index in [4.69, 9.17) is 19.4 Å². The Labute approximate surface area is 286 Å². The molecule has 230 valence electrons. The zero-order valence-corrected chi connectivity index (χ0v) is 30.2. The molecule has 2 nitrogen and oxygen atoms in total. The Morgan fingerprint density at radius 3 is 0.911 bits per heavy atom. The number of halogens is 2. The minimum atomic E-state index is -0.714. The maximum absolute atomic E-state index is 4.85. The fourth-order valence-electron chi connectivity index (χ4n) is 5.10. The van der Waals surface area contributed by atoms with Crippen LogP contribution < -0.4 is 21.2 Å². The van der Waals surface area contributed by atoms with Gasteiger partial charge in [-0.3, -0.25) is 9.97 Å². The average Bonchev–Trinajstić information content (AvgIpc) is 3.13. The van der Waals surface area contributed by atoms with Gasteiger partial charge in [0, 0.05) is 12.4 Å². The first-order valence-corrected chi connectivity index (χ1v) is 22.8. The molecule has 0 amide bonds. The molecular formula is C38H38Cl2N2P2Ru+2. The zero-order chi connectivity index (χ0) is 31.4. The predicted molar refractivity (Wildman–Crippen MR) is 199 cm³/mol. The fraction of sp³-hybridized carbons (Fsp3) is 0.105. The normalized spacial score (nSPS) is 10.5. The third-order valence-electron chi connectivity index (χ3n) is 7.18. The number of unbranched alkanes of at least 4 members (excludes halogenated alkanes) is 1. The van der Waals surface area contributed by atoms with Crippen LogP contribution in [0.4, 0.5) is 0 Å². The molecule has 0 atom stereocenters. The van der Waals surface area contributed by atoms with E-state index in [0.717, 1.165) is 11.4 Å². The van der Waals surface area contributed by atoms with Crippen molar-refractivity contribution in [2.24, 2.45) is 0 Å². The molecule has 0 spiro atoms. The average molecular weight is 757 g/mol. The van der Waals surface area contributed by atoms with Crippen LogP contribution in [0.1, 0.15) is 12.8 Å². The summed E-state index contributed by atoms with van der Waals surface area (Å²) < 4.78 is 0. The SMILES string of the molecule is [Cl][Ru][Cl].c1ccc(-c2ccccn2)nc1.c1ccc([PH+](CCCC[PH+](c2ccccc2)c2ccccc2)c2ccccc2)cc1. The molecule has 0 N–H and O–H groups in total. The van der Waals surface area contributed by atoms with E-state index in [1.807, 2.05) is 36.4 Å². The van der Waals surface area contributed by atoms with E-state index in [-0.39, 0.29) is 15.1 Å². The second-order valence-corrected chi connectivity index (χ2v) is 18.0. The van der Waals surface area contributed by atoms with Gasteiger partial charge in [-0.15, -0.1) is 0 Å². The van der Waals surface area contributed by atoms with Crippen LogP contribution in [0.25, 0.3) is 11.4 Å². The third kappa shape index (κ3) is 12.2. The summed E-state index contributed by atoms with van der Waals surface area (Å²) in [5, 5.41) is 6.13. The van der Waals surface area contributed by atoms with E-state index in [1.54, 1.807) is 12.4 Å². The number of rotatable bonds is 10. The van der Waals surface area contributed by atoms with Crippen molar-refractivity contribution >= 4 is 56.4 Å². The second-order valence-electron chi connectivity index (χ2n) is 10.1. The molecule has 45 heavy (non-hydrogen) atoms. The standard InChI is InChI=1S/C28H28P2.C10H8N2.2ClH.Ru/c1-5-15-25(16-6-1)29(26-17-7-2-8-18-26)23-13-14-24-30(27-19-9-3-10-20-27)28-21-11-4-12-22-28;1-3-7-11-9(5-1)10-6-2-4-8-12-10;;;/h1-12,15-22H,13-14,23-24H2;1-8H;2*1H;/q;;;;+2. The van der Waals surface area contributed by atoms with Crippen molar-refractivity contribution in [1.29, 1.82) is 0 Å². The number of pyridine rings is 2. The van der Waals surface area contributed by atoms with Gasteiger partial charge in [0.25, 0.3) is 0 Å². The molecule has 6 aromatic rings. The molecule has 7 heteroatoms. The van der Waals surface area contributed by atoms with Crippen molar-refractivity contribution in [1.82, 2.24) is 9.97 Å². The minimum absolute atomic E-state index is 0.346. The summed E-state index contributed by atoms with van der Waals surface area (Å²) in [7, 11) is 8.28. The van der Waals surface area contributed by atoms with Crippen molar-refractivity contribution in [3.8, 4) is 11.4 Å². The van der Waals surface area contributed by atoms with Crippen LogP contribution in [0.15, 0.2) is 170 Å². The number of benzene rings is 4. The quantitative estimate of drug-likeness (QED) is 0.0793. The van der Waals surface area contributed by atoms with Crippen LogP contribution in [0.3, 0.4) is 0 Å². The summed E-state index contributed by atoms with van der Waals surface area (Å²) in [6, 6.07) is 56.2. The molecule has 2 aromatic heterocycles. The molecule has 4 aromatic carbocycles. The summed E-state index contributed by atoms with van der Waals surface area (Å²) in [6.07, 6.45) is 8.74. The van der Waals surface area contributed by atoms with E-state index in [0.29, 0.717) is 0 Å². The molecular weight excluding hydrogens is 718 g/mol. The van der Waals surface area contributed by atoms with Crippen molar-refractivity contribution in [2.75, 3.05) is 12.3 Å². The molecule has 0 aliphatic carbocycles. The zero-order valence-electron chi connectivity index (χ0n) is 25.0. The molecule has 0 fully saturated rings. The summed E-state index contributed by atoms with van der Waals surface area (Å²) >= 11 is -0.346. The van der Waals surface area contributed by atoms with E-state index in [2.05, 4.69) is 131 Å². The number of hydrogen-bond acceptors (Lipinski definition) is 2. The van der Waals surface area contributed by atoms with Crippen LogP contribution in [0.2, 0.25) is 0 Å². The van der Waals surface area contributed by atoms with Gasteiger partial charge in [0.1, 0.15) is 0 Å². The van der Waals surface area contributed by atoms with Gasteiger partial charge in [0.15, 0.2) is 0 Å². The Hall–Kier alpha value is -2.76. The largest absolute Gasteiger partial charge is 0.255 e. The maximum atomic E-state index is 4.85. The summed E-state index contributed by atoms with van der Waals surface area (Å²) in [5.41, 5.74) is 1.83. The van der Waals surface area contributed by atoms with E-state index < -0.39 is 15.8 Å². The predicted octanol–water partition coefficient (Wildman–Crippen LogP) is 9.02. The van der Waals surface area contributed by atoms with Crippen molar-refractivity contribution in [2.45, 2.75) is 12.8 Å². The number of aromatic nitrogens is 2. The van der Waals surface area contributed by atoms with Crippen molar-refractivity contribution in [3.05, 3.63) is 170 Å². The van der Waals surface area contributed by atoms with E-state index in [1.165, 1.54) is 46.4 Å². The smallest absolute Gasteiger partial charge is 0.0966 e. The van der Waals surface area contributed by atoms with E-state index in [9.17, 15) is 0 Å². The van der Waals surface area contributed by atoms with Crippen LogP contribution in [0.5, 0.6) is 0 Å². The summed E-state index contributed by atoms with van der Waals surface area (Å²) in [5.74, 6) is 0. The first kappa shape index (κ1) is 35.1. The molecule has 0 bridgehead atoms. The first-order chi connectivity index (χ1) is 22.3. The molecule has 0 radical (unpaired) electrons. The van der Waals surface area contributed by atoms with Gasteiger partial charge < -0.3 is 0 Å². The Morgan fingerprint density at radius 2 is 0.667 bits per heavy atom. The molecule has 0 aliphatic rings. The molecule has 6 rings (SSSR count). The first-order valence-electron chi connectivity index (χ1n) is 14.9. The van der Waals surface area contributed by atoms with Crippen LogP contribution in [-0.2, 0) is 15.1 Å². The van der Waals surface area contributed by atoms with Gasteiger partial charge in [0.05, 0.1) is 60.8 Å². The topological polar surface area (TPSA) is 25.8 Å². The maximum Gasteiger partial charge on any atom is 0.0966 e. The molecule has 2 heterocycles. The van der Waals surface area contributed by atoms with Crippen molar-refractivity contribution in [3.63, 3.8) is 0 Å². The van der Waals surface area contributed by atoms with Gasteiger partial charge in [-0.2, -0.15) is 0 Å². The second kappa shape index (κ2) is 21.1. The molecule has 0 saturated heterocycles. The van der Waals surface area contributed by atoms with Gasteiger partial charge in [-0.25, -0.2) is 0 Å². The van der Waals surface area contributed by atoms with Gasteiger partial charge in [-0.1, -0.05) is 84.9 Å². The van der Waals surface area contributed by atoms with Gasteiger partial charge in [0.2, 0.25) is 0 Å². The monoisotopic (exact) mass is 756 g/mol. The van der Waals surface area contributed by atoms with Crippen LogP contribution in [0, 0.1) is 0 Å². The fourth-order valence-corrected chi connectivity index (χ4v) is 10.5.